The highest BCUT2D eigenvalue weighted by Gasteiger charge is 2.32. The zero-order valence-electron chi connectivity index (χ0n) is 17.1. The summed E-state index contributed by atoms with van der Waals surface area (Å²) in [7, 11) is 0. The first-order valence-electron chi connectivity index (χ1n) is 10.3. The maximum atomic E-state index is 12.4. The number of hydrogen-bond acceptors (Lipinski definition) is 2. The molecule has 1 aliphatic heterocycles. The molecule has 0 spiro atoms. The van der Waals surface area contributed by atoms with Crippen molar-refractivity contribution in [3.8, 4) is 0 Å². The minimum Gasteiger partial charge on any atom is -1.00 e. The number of hydrogen-bond donors (Lipinski definition) is 0. The zero-order chi connectivity index (χ0) is 18.7. The second-order valence-electron chi connectivity index (χ2n) is 7.83. The van der Waals surface area contributed by atoms with Crippen molar-refractivity contribution in [1.82, 2.24) is 0 Å². The number of unbranched alkanes of at least 4 members (excludes halogenated alkanes) is 2. The number of nitrogens with zero attached hydrogens (tertiary/aromatic N) is 1. The fourth-order valence-corrected chi connectivity index (χ4v) is 3.79. The number of likely N-dealkylation sites (tertiary alicyclic amines) is 1. The third kappa shape index (κ3) is 8.94. The van der Waals surface area contributed by atoms with E-state index in [4.69, 9.17) is 4.74 Å². The van der Waals surface area contributed by atoms with Crippen molar-refractivity contribution in [2.45, 2.75) is 58.8 Å². The quantitative estimate of drug-likeness (QED) is 0.263. The van der Waals surface area contributed by atoms with Gasteiger partial charge in [-0.1, -0.05) is 55.7 Å². The average molecular weight is 394 g/mol. The Morgan fingerprint density at radius 3 is 2.48 bits per heavy atom. The topological polar surface area (TPSA) is 26.3 Å². The van der Waals surface area contributed by atoms with Gasteiger partial charge >= 0.3 is 5.97 Å². The van der Waals surface area contributed by atoms with Gasteiger partial charge in [0, 0.05) is 0 Å². The second-order valence-corrected chi connectivity index (χ2v) is 7.83. The molecule has 0 radical (unpaired) electrons. The summed E-state index contributed by atoms with van der Waals surface area (Å²) < 4.78 is 6.37. The van der Waals surface area contributed by atoms with Gasteiger partial charge in [-0.15, -0.1) is 0 Å². The van der Waals surface area contributed by atoms with Crippen molar-refractivity contribution < 1.29 is 26.4 Å². The van der Waals surface area contributed by atoms with Crippen molar-refractivity contribution in [3.63, 3.8) is 0 Å². The number of rotatable bonds is 10. The second kappa shape index (κ2) is 13.0. The number of carbonyl (C=O) groups is 1. The van der Waals surface area contributed by atoms with E-state index in [9.17, 15) is 4.79 Å². The first-order chi connectivity index (χ1) is 12.6. The Hall–Kier alpha value is -1.32. The molecule has 1 fully saturated rings. The number of allylic oxidation sites excluding steroid dienone is 1. The lowest BCUT2D eigenvalue weighted by molar-refractivity contribution is -0.920. The highest BCUT2D eigenvalue weighted by Crippen LogP contribution is 2.20. The Morgan fingerprint density at radius 1 is 1.11 bits per heavy atom. The van der Waals surface area contributed by atoms with Gasteiger partial charge in [-0.3, -0.25) is 0 Å². The van der Waals surface area contributed by atoms with Crippen LogP contribution in [-0.2, 0) is 16.0 Å². The van der Waals surface area contributed by atoms with E-state index in [0.717, 1.165) is 49.8 Å². The van der Waals surface area contributed by atoms with Gasteiger partial charge in [0.05, 0.1) is 26.2 Å². The Kier molecular flexibility index (Phi) is 11.4. The fraction of sp³-hybridized carbons (Fsp3) is 0.609. The van der Waals surface area contributed by atoms with Crippen molar-refractivity contribution in [2.75, 3.05) is 32.8 Å². The lowest BCUT2D eigenvalue weighted by Gasteiger charge is -2.40. The Balaban J connectivity index is 0.00000364. The molecule has 1 aromatic carbocycles. The van der Waals surface area contributed by atoms with E-state index in [2.05, 4.69) is 50.3 Å². The average Bonchev–Trinajstić information content (AvgIpc) is 2.65. The van der Waals surface area contributed by atoms with Gasteiger partial charge in [-0.05, 0) is 50.7 Å². The smallest absolute Gasteiger partial charge is 0.361 e. The summed E-state index contributed by atoms with van der Waals surface area (Å²) in [5.41, 5.74) is 2.73. The highest BCUT2D eigenvalue weighted by atomic mass is 35.5. The fourth-order valence-electron chi connectivity index (χ4n) is 3.79. The van der Waals surface area contributed by atoms with Gasteiger partial charge in [0.1, 0.15) is 0 Å². The van der Waals surface area contributed by atoms with Crippen LogP contribution in [0.2, 0.25) is 0 Å². The molecule has 0 aliphatic carbocycles. The van der Waals surface area contributed by atoms with Crippen LogP contribution in [0.25, 0.3) is 0 Å². The molecule has 1 aromatic rings. The summed E-state index contributed by atoms with van der Waals surface area (Å²) in [6.07, 6.45) is 10.3. The minimum absolute atomic E-state index is 0. The van der Waals surface area contributed by atoms with E-state index in [-0.39, 0.29) is 18.4 Å². The standard InChI is InChI=1S/C23H36NO2.ClH/c1-3-4-11-18-26-23(25)20-24(15-9-6-10-16-24)17-14-21(2)19-22-12-7-5-8-13-22;/h5,7-8,12-14H,3-4,6,9-11,15-20H2,1-2H3;1H/q+1;/p-1. The van der Waals surface area contributed by atoms with Crippen LogP contribution in [-0.4, -0.2) is 43.2 Å². The number of ether oxygens (including phenoxy) is 1. The first kappa shape index (κ1) is 23.7. The van der Waals surface area contributed by atoms with Crippen LogP contribution < -0.4 is 12.4 Å². The van der Waals surface area contributed by atoms with Crippen molar-refractivity contribution in [3.05, 3.63) is 47.5 Å². The van der Waals surface area contributed by atoms with Gasteiger partial charge in [0.25, 0.3) is 0 Å². The van der Waals surface area contributed by atoms with Crippen molar-refractivity contribution >= 4 is 5.97 Å². The highest BCUT2D eigenvalue weighted by molar-refractivity contribution is 5.70. The molecule has 0 bridgehead atoms. The zero-order valence-corrected chi connectivity index (χ0v) is 17.8. The van der Waals surface area contributed by atoms with Gasteiger partial charge in [0.2, 0.25) is 0 Å². The molecule has 3 nitrogen and oxygen atoms in total. The molecular formula is C23H36ClNO2. The monoisotopic (exact) mass is 393 g/mol. The van der Waals surface area contributed by atoms with Crippen LogP contribution in [0.1, 0.15) is 57.9 Å². The van der Waals surface area contributed by atoms with Crippen molar-refractivity contribution in [1.29, 1.82) is 0 Å². The number of benzene rings is 1. The van der Waals surface area contributed by atoms with Crippen molar-refractivity contribution in [2.24, 2.45) is 0 Å². The number of quaternary nitrogens is 1. The summed E-state index contributed by atoms with van der Waals surface area (Å²) in [6, 6.07) is 10.6. The lowest BCUT2D eigenvalue weighted by Crippen LogP contribution is -3.00. The predicted molar refractivity (Wildman–Crippen MR) is 108 cm³/mol. The molecule has 2 rings (SSSR count). The van der Waals surface area contributed by atoms with E-state index in [0.29, 0.717) is 13.2 Å². The summed E-state index contributed by atoms with van der Waals surface area (Å²) in [4.78, 5) is 12.4. The van der Waals surface area contributed by atoms with E-state index in [1.807, 2.05) is 0 Å². The number of esters is 1. The number of carbonyl (C=O) groups excluding carboxylic acids is 1. The molecule has 0 saturated carbocycles. The third-order valence-corrected chi connectivity index (χ3v) is 5.39. The molecule has 1 heterocycles. The van der Waals surface area contributed by atoms with E-state index >= 15 is 0 Å². The SMILES string of the molecule is CCCCCOC(=O)C[N+]1(CC=C(C)Cc2ccccc2)CCCCC1.[Cl-]. The number of piperidine rings is 1. The largest absolute Gasteiger partial charge is 1.00 e. The molecule has 0 amide bonds. The predicted octanol–water partition coefficient (Wildman–Crippen LogP) is 1.91. The first-order valence-corrected chi connectivity index (χ1v) is 10.3. The number of halogens is 1. The Morgan fingerprint density at radius 2 is 1.81 bits per heavy atom. The van der Waals surface area contributed by atoms with Crippen LogP contribution in [0.5, 0.6) is 0 Å². The molecule has 0 N–H and O–H groups in total. The lowest BCUT2D eigenvalue weighted by atomic mass is 10.0. The summed E-state index contributed by atoms with van der Waals surface area (Å²) in [6.45, 7) is 8.62. The van der Waals surface area contributed by atoms with E-state index < -0.39 is 0 Å². The molecule has 152 valence electrons. The molecule has 0 atom stereocenters. The van der Waals surface area contributed by atoms with Gasteiger partial charge in [-0.2, -0.15) is 0 Å². The normalized spacial score (nSPS) is 16.4. The third-order valence-electron chi connectivity index (χ3n) is 5.39. The Labute approximate surface area is 171 Å². The van der Waals surface area contributed by atoms with Crippen LogP contribution in [0, 0.1) is 0 Å². The van der Waals surface area contributed by atoms with Crippen LogP contribution in [0.4, 0.5) is 0 Å². The molecule has 27 heavy (non-hydrogen) atoms. The molecular weight excluding hydrogens is 358 g/mol. The summed E-state index contributed by atoms with van der Waals surface area (Å²) in [5, 5.41) is 0. The van der Waals surface area contributed by atoms with E-state index in [1.54, 1.807) is 0 Å². The van der Waals surface area contributed by atoms with Gasteiger partial charge < -0.3 is 21.6 Å². The molecule has 0 aromatic heterocycles. The van der Waals surface area contributed by atoms with E-state index in [1.165, 1.54) is 30.4 Å². The maximum absolute atomic E-state index is 12.4. The molecule has 4 heteroatoms. The summed E-state index contributed by atoms with van der Waals surface area (Å²) in [5.74, 6) is -0.0166. The molecule has 1 saturated heterocycles. The van der Waals surface area contributed by atoms with Gasteiger partial charge in [-0.25, -0.2) is 4.79 Å². The minimum atomic E-state index is -0.0166. The molecule has 0 unspecified atom stereocenters. The van der Waals surface area contributed by atoms with Gasteiger partial charge in [0.15, 0.2) is 6.54 Å². The summed E-state index contributed by atoms with van der Waals surface area (Å²) >= 11 is 0. The van der Waals surface area contributed by atoms with Crippen LogP contribution in [0.15, 0.2) is 42.0 Å². The maximum Gasteiger partial charge on any atom is 0.361 e. The Bertz CT molecular complexity index is 565. The van der Waals surface area contributed by atoms with Crippen LogP contribution in [0.3, 0.4) is 0 Å². The van der Waals surface area contributed by atoms with Crippen LogP contribution >= 0.6 is 0 Å². The molecule has 1 aliphatic rings.